The van der Waals surface area contributed by atoms with Crippen LogP contribution >= 0.6 is 0 Å². The number of nitrogens with one attached hydrogen (secondary N) is 3. The molecule has 11 heteroatoms. The van der Waals surface area contributed by atoms with Gasteiger partial charge in [0.25, 0.3) is 5.91 Å². The van der Waals surface area contributed by atoms with Crippen LogP contribution in [-0.2, 0) is 14.3 Å². The third kappa shape index (κ3) is 8.34. The Kier molecular flexibility index (Phi) is 9.89. The van der Waals surface area contributed by atoms with Crippen LogP contribution in [-0.4, -0.2) is 73.9 Å². The fourth-order valence-corrected chi connectivity index (χ4v) is 4.69. The summed E-state index contributed by atoms with van der Waals surface area (Å²) in [6, 6.07) is 4.07. The smallest absolute Gasteiger partial charge is 0.319 e. The van der Waals surface area contributed by atoms with E-state index in [9.17, 15) is 18.8 Å². The standard InChI is InChI=1S/C25H38FN5O5/c1-25(2,14-23(33)31(16-22(32)29-35)15-18-5-3-4-6-18)17-27-24(34)28-19-7-8-21(20(26)13-19)30-9-11-36-12-10-30/h7-8,13,18,35H,3-6,9-12,14-17H2,1-2H3,(H,29,32)(H2,27,28,34). The fourth-order valence-electron chi connectivity index (χ4n) is 4.69. The van der Waals surface area contributed by atoms with Gasteiger partial charge in [-0.3, -0.25) is 14.8 Å². The van der Waals surface area contributed by atoms with Crippen LogP contribution in [0.15, 0.2) is 18.2 Å². The van der Waals surface area contributed by atoms with Gasteiger partial charge in [0, 0.05) is 38.3 Å². The molecule has 200 valence electrons. The average molecular weight is 508 g/mol. The molecule has 2 aliphatic rings. The molecule has 36 heavy (non-hydrogen) atoms. The van der Waals surface area contributed by atoms with Crippen LogP contribution in [0.4, 0.5) is 20.6 Å². The van der Waals surface area contributed by atoms with Gasteiger partial charge in [0.2, 0.25) is 5.91 Å². The lowest BCUT2D eigenvalue weighted by molar-refractivity contribution is -0.141. The first-order valence-corrected chi connectivity index (χ1v) is 12.5. The summed E-state index contributed by atoms with van der Waals surface area (Å²) in [5.74, 6) is -0.917. The van der Waals surface area contributed by atoms with Crippen molar-refractivity contribution in [2.24, 2.45) is 11.3 Å². The van der Waals surface area contributed by atoms with Crippen molar-refractivity contribution in [1.82, 2.24) is 15.7 Å². The molecule has 0 bridgehead atoms. The molecule has 1 aliphatic heterocycles. The summed E-state index contributed by atoms with van der Waals surface area (Å²) in [4.78, 5) is 40.6. The van der Waals surface area contributed by atoms with Gasteiger partial charge in [0.05, 0.1) is 18.9 Å². The molecule has 0 spiro atoms. The van der Waals surface area contributed by atoms with Gasteiger partial charge in [-0.1, -0.05) is 26.7 Å². The second-order valence-electron chi connectivity index (χ2n) is 10.4. The Morgan fingerprint density at radius 1 is 1.19 bits per heavy atom. The lowest BCUT2D eigenvalue weighted by Gasteiger charge is -2.30. The summed E-state index contributed by atoms with van der Waals surface area (Å²) in [6.45, 7) is 6.48. The largest absolute Gasteiger partial charge is 0.378 e. The summed E-state index contributed by atoms with van der Waals surface area (Å²) >= 11 is 0. The molecule has 4 N–H and O–H groups in total. The van der Waals surface area contributed by atoms with E-state index < -0.39 is 23.2 Å². The molecule has 1 heterocycles. The minimum absolute atomic E-state index is 0.113. The van der Waals surface area contributed by atoms with E-state index in [0.717, 1.165) is 25.7 Å². The maximum absolute atomic E-state index is 14.6. The monoisotopic (exact) mass is 507 g/mol. The Balaban J connectivity index is 1.50. The highest BCUT2D eigenvalue weighted by Gasteiger charge is 2.29. The predicted molar refractivity (Wildman–Crippen MR) is 133 cm³/mol. The molecular formula is C25H38FN5O5. The quantitative estimate of drug-likeness (QED) is 0.285. The Morgan fingerprint density at radius 2 is 1.89 bits per heavy atom. The van der Waals surface area contributed by atoms with E-state index in [2.05, 4.69) is 10.6 Å². The van der Waals surface area contributed by atoms with Crippen molar-refractivity contribution in [2.75, 3.05) is 56.2 Å². The molecule has 0 aromatic heterocycles. The number of hydrogen-bond donors (Lipinski definition) is 4. The van der Waals surface area contributed by atoms with Crippen LogP contribution in [0.2, 0.25) is 0 Å². The predicted octanol–water partition coefficient (Wildman–Crippen LogP) is 2.72. The van der Waals surface area contributed by atoms with Gasteiger partial charge in [-0.05, 0) is 42.4 Å². The van der Waals surface area contributed by atoms with E-state index in [1.54, 1.807) is 17.6 Å². The molecular weight excluding hydrogens is 469 g/mol. The molecule has 2 fully saturated rings. The molecule has 1 aromatic carbocycles. The van der Waals surface area contributed by atoms with Crippen molar-refractivity contribution in [3.05, 3.63) is 24.0 Å². The minimum Gasteiger partial charge on any atom is -0.378 e. The number of morpholine rings is 1. The zero-order chi connectivity index (χ0) is 26.1. The van der Waals surface area contributed by atoms with Crippen molar-refractivity contribution in [3.8, 4) is 0 Å². The maximum atomic E-state index is 14.6. The summed E-state index contributed by atoms with van der Waals surface area (Å²) in [5, 5.41) is 14.3. The SMILES string of the molecule is CC(C)(CNC(=O)Nc1ccc(N2CCOCC2)c(F)c1)CC(=O)N(CC(=O)NO)CC1CCCC1. The van der Waals surface area contributed by atoms with Crippen LogP contribution < -0.4 is 21.0 Å². The molecule has 0 unspecified atom stereocenters. The number of carbonyl (C=O) groups is 3. The van der Waals surface area contributed by atoms with Crippen LogP contribution in [0.5, 0.6) is 0 Å². The summed E-state index contributed by atoms with van der Waals surface area (Å²) < 4.78 is 19.9. The van der Waals surface area contributed by atoms with Gasteiger partial charge in [-0.15, -0.1) is 0 Å². The third-order valence-electron chi connectivity index (χ3n) is 6.68. The Bertz CT molecular complexity index is 916. The molecule has 0 atom stereocenters. The number of benzene rings is 1. The number of ether oxygens (including phenoxy) is 1. The number of rotatable bonds is 10. The number of carbonyl (C=O) groups excluding carboxylic acids is 3. The summed E-state index contributed by atoms with van der Waals surface area (Å²) in [7, 11) is 0. The highest BCUT2D eigenvalue weighted by atomic mass is 19.1. The third-order valence-corrected chi connectivity index (χ3v) is 6.68. The van der Waals surface area contributed by atoms with Crippen LogP contribution in [0.3, 0.4) is 0 Å². The van der Waals surface area contributed by atoms with Crippen molar-refractivity contribution < 1.29 is 28.7 Å². The van der Waals surface area contributed by atoms with Crippen molar-refractivity contribution >= 4 is 29.2 Å². The van der Waals surface area contributed by atoms with Gasteiger partial charge in [-0.2, -0.15) is 0 Å². The van der Waals surface area contributed by atoms with Crippen LogP contribution in [0, 0.1) is 17.2 Å². The molecule has 1 aliphatic carbocycles. The van der Waals surface area contributed by atoms with Crippen LogP contribution in [0.25, 0.3) is 0 Å². The Hall–Kier alpha value is -2.92. The topological polar surface area (TPSA) is 123 Å². The van der Waals surface area contributed by atoms with Crippen molar-refractivity contribution in [2.45, 2.75) is 46.0 Å². The number of halogens is 1. The summed E-state index contributed by atoms with van der Waals surface area (Å²) in [5.41, 5.74) is 1.80. The van der Waals surface area contributed by atoms with E-state index in [1.165, 1.54) is 11.0 Å². The lowest BCUT2D eigenvalue weighted by atomic mass is 9.88. The van der Waals surface area contributed by atoms with Crippen LogP contribution in [0.1, 0.15) is 46.0 Å². The first-order valence-electron chi connectivity index (χ1n) is 12.5. The highest BCUT2D eigenvalue weighted by molar-refractivity contribution is 5.89. The minimum atomic E-state index is -0.636. The highest BCUT2D eigenvalue weighted by Crippen LogP contribution is 2.27. The number of amides is 4. The zero-order valence-electron chi connectivity index (χ0n) is 21.1. The number of nitrogens with zero attached hydrogens (tertiary/aromatic N) is 2. The van der Waals surface area contributed by atoms with E-state index in [0.29, 0.717) is 50.1 Å². The molecule has 0 radical (unpaired) electrons. The normalized spacial score (nSPS) is 16.5. The molecule has 4 amide bonds. The Labute approximate surface area is 211 Å². The average Bonchev–Trinajstić information content (AvgIpc) is 3.36. The number of hydrogen-bond acceptors (Lipinski definition) is 6. The van der Waals surface area contributed by atoms with Gasteiger partial charge in [-0.25, -0.2) is 14.7 Å². The number of hydroxylamine groups is 1. The van der Waals surface area contributed by atoms with Crippen molar-refractivity contribution in [1.29, 1.82) is 0 Å². The van der Waals surface area contributed by atoms with Gasteiger partial charge in [0.15, 0.2) is 0 Å². The van der Waals surface area contributed by atoms with E-state index >= 15 is 0 Å². The Morgan fingerprint density at radius 3 is 2.53 bits per heavy atom. The fraction of sp³-hybridized carbons (Fsp3) is 0.640. The maximum Gasteiger partial charge on any atom is 0.319 e. The van der Waals surface area contributed by atoms with E-state index in [1.807, 2.05) is 18.7 Å². The first kappa shape index (κ1) is 27.7. The van der Waals surface area contributed by atoms with Gasteiger partial charge in [0.1, 0.15) is 12.4 Å². The number of urea groups is 1. The second-order valence-corrected chi connectivity index (χ2v) is 10.4. The van der Waals surface area contributed by atoms with Gasteiger partial charge < -0.3 is 25.2 Å². The zero-order valence-corrected chi connectivity index (χ0v) is 21.1. The van der Waals surface area contributed by atoms with Crippen molar-refractivity contribution in [3.63, 3.8) is 0 Å². The molecule has 1 aromatic rings. The second kappa shape index (κ2) is 12.9. The first-order chi connectivity index (χ1) is 17.2. The molecule has 10 nitrogen and oxygen atoms in total. The molecule has 3 rings (SSSR count). The van der Waals surface area contributed by atoms with Gasteiger partial charge >= 0.3 is 6.03 Å². The van der Waals surface area contributed by atoms with E-state index in [4.69, 9.17) is 9.94 Å². The summed E-state index contributed by atoms with van der Waals surface area (Å²) in [6.07, 6.45) is 4.38. The molecule has 1 saturated heterocycles. The number of anilines is 2. The van der Waals surface area contributed by atoms with E-state index in [-0.39, 0.29) is 25.4 Å². The lowest BCUT2D eigenvalue weighted by Crippen LogP contribution is -2.45. The molecule has 1 saturated carbocycles.